The molecule has 0 aromatic carbocycles. The third-order valence-electron chi connectivity index (χ3n) is 4.75. The maximum absolute atomic E-state index is 10.3. The second-order valence-corrected chi connectivity index (χ2v) is 8.44. The van der Waals surface area contributed by atoms with Crippen LogP contribution < -0.4 is 5.73 Å². The number of carboxylic acids is 1. The molecular formula is C23H49NO3. The molecule has 0 radical (unpaired) electrons. The Bertz CT molecular complexity index is 300. The van der Waals surface area contributed by atoms with Crippen LogP contribution in [0.3, 0.4) is 0 Å². The van der Waals surface area contributed by atoms with E-state index in [4.69, 9.17) is 15.9 Å². The Labute approximate surface area is 169 Å². The molecule has 0 aliphatic heterocycles. The molecule has 0 bridgehead atoms. The fraction of sp³-hybridized carbons (Fsp3) is 0.957. The maximum Gasteiger partial charge on any atom is 0.303 e. The van der Waals surface area contributed by atoms with Gasteiger partial charge in [0.25, 0.3) is 0 Å². The van der Waals surface area contributed by atoms with Gasteiger partial charge < -0.3 is 15.9 Å². The average Bonchev–Trinajstić information content (AvgIpc) is 2.57. The Morgan fingerprint density at radius 2 is 1.07 bits per heavy atom. The van der Waals surface area contributed by atoms with Gasteiger partial charge in [-0.05, 0) is 33.2 Å². The molecular weight excluding hydrogens is 338 g/mol. The Hall–Kier alpha value is -0.610. The molecule has 0 heterocycles. The molecule has 0 aliphatic rings. The van der Waals surface area contributed by atoms with Crippen molar-refractivity contribution in [2.24, 2.45) is 5.73 Å². The van der Waals surface area contributed by atoms with Gasteiger partial charge in [-0.15, -0.1) is 0 Å². The van der Waals surface area contributed by atoms with Crippen molar-refractivity contribution < 1.29 is 15.0 Å². The van der Waals surface area contributed by atoms with E-state index in [0.717, 1.165) is 12.8 Å². The summed E-state index contributed by atoms with van der Waals surface area (Å²) in [7, 11) is 0. The third kappa shape index (κ3) is 33.4. The lowest BCUT2D eigenvalue weighted by molar-refractivity contribution is -0.137. The fourth-order valence-corrected chi connectivity index (χ4v) is 3.00. The minimum absolute atomic E-state index is 0.345. The van der Waals surface area contributed by atoms with E-state index >= 15 is 0 Å². The molecule has 27 heavy (non-hydrogen) atoms. The predicted molar refractivity (Wildman–Crippen MR) is 117 cm³/mol. The summed E-state index contributed by atoms with van der Waals surface area (Å²) in [6.07, 6.45) is 20.9. The number of aliphatic hydroxyl groups is 1. The van der Waals surface area contributed by atoms with E-state index in [1.165, 1.54) is 83.5 Å². The zero-order valence-corrected chi connectivity index (χ0v) is 18.6. The normalized spacial score (nSPS) is 11.1. The van der Waals surface area contributed by atoms with Crippen LogP contribution in [0.2, 0.25) is 0 Å². The van der Waals surface area contributed by atoms with Gasteiger partial charge in [0.15, 0.2) is 0 Å². The van der Waals surface area contributed by atoms with Crippen LogP contribution >= 0.6 is 0 Å². The smallest absolute Gasteiger partial charge is 0.303 e. The van der Waals surface area contributed by atoms with Crippen LogP contribution in [0, 0.1) is 0 Å². The van der Waals surface area contributed by atoms with Crippen LogP contribution in [-0.2, 0) is 4.79 Å². The van der Waals surface area contributed by atoms with Gasteiger partial charge in [0, 0.05) is 6.42 Å². The molecule has 0 aliphatic carbocycles. The highest BCUT2D eigenvalue weighted by Gasteiger charge is 2.08. The topological polar surface area (TPSA) is 83.5 Å². The van der Waals surface area contributed by atoms with E-state index in [1.54, 1.807) is 13.8 Å². The van der Waals surface area contributed by atoms with Crippen molar-refractivity contribution >= 4 is 5.97 Å². The van der Waals surface area contributed by atoms with Crippen molar-refractivity contribution in [1.82, 2.24) is 0 Å². The van der Waals surface area contributed by atoms with E-state index in [1.807, 2.05) is 0 Å². The highest BCUT2D eigenvalue weighted by atomic mass is 16.4. The molecule has 0 aromatic heterocycles. The van der Waals surface area contributed by atoms with Gasteiger partial charge in [-0.3, -0.25) is 4.79 Å². The molecule has 0 fully saturated rings. The van der Waals surface area contributed by atoms with E-state index in [9.17, 15) is 4.79 Å². The number of hydrogen-bond acceptors (Lipinski definition) is 3. The Kier molecular flexibility index (Phi) is 23.0. The zero-order chi connectivity index (χ0) is 20.8. The number of rotatable bonds is 18. The van der Waals surface area contributed by atoms with Gasteiger partial charge in [-0.2, -0.15) is 0 Å². The Morgan fingerprint density at radius 3 is 1.30 bits per heavy atom. The zero-order valence-electron chi connectivity index (χ0n) is 18.6. The summed E-state index contributed by atoms with van der Waals surface area (Å²) in [4.78, 5) is 10.3. The van der Waals surface area contributed by atoms with E-state index in [0.29, 0.717) is 19.4 Å². The molecule has 0 unspecified atom stereocenters. The monoisotopic (exact) mass is 387 g/mol. The lowest BCUT2D eigenvalue weighted by Gasteiger charge is -2.13. The van der Waals surface area contributed by atoms with Crippen LogP contribution in [0.25, 0.3) is 0 Å². The standard InChI is InChI=1S/C18H36O2.C5H13NO/c1-2-3-4-5-6-7-8-9-10-11-12-13-14-15-16-17-18(19)20;1-5(2,7)3-4-6/h2-17H2,1H3,(H,19,20);7H,3-4,6H2,1-2H3. The lowest BCUT2D eigenvalue weighted by Crippen LogP contribution is -2.22. The van der Waals surface area contributed by atoms with Crippen molar-refractivity contribution in [3.8, 4) is 0 Å². The summed E-state index contributed by atoms with van der Waals surface area (Å²) < 4.78 is 0. The molecule has 0 amide bonds. The highest BCUT2D eigenvalue weighted by molar-refractivity contribution is 5.66. The number of hydrogen-bond donors (Lipinski definition) is 3. The first-order valence-corrected chi connectivity index (χ1v) is 11.5. The minimum atomic E-state index is -0.653. The predicted octanol–water partition coefficient (Wildman–Crippen LogP) is 6.44. The quantitative estimate of drug-likeness (QED) is 0.236. The molecule has 0 saturated carbocycles. The fourth-order valence-electron chi connectivity index (χ4n) is 3.00. The second kappa shape index (κ2) is 21.7. The van der Waals surface area contributed by atoms with Crippen LogP contribution in [-0.4, -0.2) is 28.3 Å². The van der Waals surface area contributed by atoms with Crippen molar-refractivity contribution in [2.75, 3.05) is 6.54 Å². The second-order valence-electron chi connectivity index (χ2n) is 8.44. The molecule has 4 N–H and O–H groups in total. The molecule has 4 nitrogen and oxygen atoms in total. The van der Waals surface area contributed by atoms with Gasteiger partial charge in [0.2, 0.25) is 0 Å². The van der Waals surface area contributed by atoms with Crippen LogP contribution in [0.4, 0.5) is 0 Å². The largest absolute Gasteiger partial charge is 0.481 e. The molecule has 4 heteroatoms. The molecule has 0 rings (SSSR count). The molecule has 0 spiro atoms. The first-order valence-electron chi connectivity index (χ1n) is 11.5. The van der Waals surface area contributed by atoms with Gasteiger partial charge in [0.05, 0.1) is 5.60 Å². The first kappa shape index (κ1) is 28.6. The number of aliphatic carboxylic acids is 1. The van der Waals surface area contributed by atoms with Gasteiger partial charge in [0.1, 0.15) is 0 Å². The SMILES string of the molecule is CC(C)(O)CCN.CCCCCCCCCCCCCCCCCC(=O)O. The summed E-state index contributed by atoms with van der Waals surface area (Å²) in [6.45, 7) is 6.33. The van der Waals surface area contributed by atoms with Crippen molar-refractivity contribution in [2.45, 2.75) is 136 Å². The highest BCUT2D eigenvalue weighted by Crippen LogP contribution is 2.13. The number of carbonyl (C=O) groups is 1. The average molecular weight is 388 g/mol. The van der Waals surface area contributed by atoms with Crippen molar-refractivity contribution in [3.63, 3.8) is 0 Å². The summed E-state index contributed by atoms with van der Waals surface area (Å²) in [5.41, 5.74) is 4.58. The van der Waals surface area contributed by atoms with Crippen molar-refractivity contribution in [3.05, 3.63) is 0 Å². The summed E-state index contributed by atoms with van der Waals surface area (Å²) in [5, 5.41) is 17.5. The van der Waals surface area contributed by atoms with Crippen LogP contribution in [0.5, 0.6) is 0 Å². The van der Waals surface area contributed by atoms with E-state index in [2.05, 4.69) is 6.92 Å². The van der Waals surface area contributed by atoms with Crippen LogP contribution in [0.15, 0.2) is 0 Å². The molecule has 0 aromatic rings. The van der Waals surface area contributed by atoms with E-state index < -0.39 is 11.6 Å². The summed E-state index contributed by atoms with van der Waals surface area (Å²) >= 11 is 0. The first-order chi connectivity index (χ1) is 12.8. The minimum Gasteiger partial charge on any atom is -0.481 e. The van der Waals surface area contributed by atoms with Gasteiger partial charge >= 0.3 is 5.97 Å². The molecule has 0 saturated heterocycles. The van der Waals surface area contributed by atoms with Gasteiger partial charge in [-0.25, -0.2) is 0 Å². The summed E-state index contributed by atoms with van der Waals surface area (Å²) in [5.74, 6) is -0.653. The molecule has 164 valence electrons. The van der Waals surface area contributed by atoms with E-state index in [-0.39, 0.29) is 0 Å². The maximum atomic E-state index is 10.3. The molecule has 0 atom stereocenters. The van der Waals surface area contributed by atoms with Gasteiger partial charge in [-0.1, -0.05) is 96.8 Å². The number of unbranched alkanes of at least 4 members (excludes halogenated alkanes) is 14. The van der Waals surface area contributed by atoms with Crippen molar-refractivity contribution in [1.29, 1.82) is 0 Å². The summed E-state index contributed by atoms with van der Waals surface area (Å²) in [6, 6.07) is 0. The number of carboxylic acid groups (broad SMARTS) is 1. The Balaban J connectivity index is 0. The third-order valence-corrected chi connectivity index (χ3v) is 4.75. The number of nitrogens with two attached hydrogens (primary N) is 1. The lowest BCUT2D eigenvalue weighted by atomic mass is 10.0. The van der Waals surface area contributed by atoms with Crippen LogP contribution in [0.1, 0.15) is 130 Å². The Morgan fingerprint density at radius 1 is 0.741 bits per heavy atom.